The van der Waals surface area contributed by atoms with Crippen molar-refractivity contribution in [3.05, 3.63) is 23.8 Å². The summed E-state index contributed by atoms with van der Waals surface area (Å²) in [6.45, 7) is 6.48. The van der Waals surface area contributed by atoms with Crippen molar-refractivity contribution in [2.45, 2.75) is 26.3 Å². The number of carbonyl (C=O) groups is 1. The zero-order valence-corrected chi connectivity index (χ0v) is 12.5. The van der Waals surface area contributed by atoms with Gasteiger partial charge in [0, 0.05) is 12.6 Å². The summed E-state index contributed by atoms with van der Waals surface area (Å²) in [4.78, 5) is 13.6. The Bertz CT molecular complexity index is 559. The maximum atomic E-state index is 11.4. The van der Waals surface area contributed by atoms with E-state index in [1.54, 1.807) is 0 Å². The van der Waals surface area contributed by atoms with E-state index in [-0.39, 0.29) is 6.04 Å². The van der Waals surface area contributed by atoms with E-state index in [4.69, 9.17) is 9.47 Å². The van der Waals surface area contributed by atoms with Crippen molar-refractivity contribution >= 4 is 5.97 Å². The molecule has 114 valence electrons. The normalized spacial score (nSPS) is 26.6. The predicted molar refractivity (Wildman–Crippen MR) is 77.8 cm³/mol. The van der Waals surface area contributed by atoms with E-state index in [1.165, 1.54) is 0 Å². The Morgan fingerprint density at radius 1 is 1.33 bits per heavy atom. The van der Waals surface area contributed by atoms with Gasteiger partial charge in [-0.25, -0.2) is 0 Å². The largest absolute Gasteiger partial charge is 0.486 e. The molecule has 0 spiro atoms. The molecular weight excluding hydrogens is 270 g/mol. The first-order valence-corrected chi connectivity index (χ1v) is 7.37. The van der Waals surface area contributed by atoms with Crippen LogP contribution in [-0.4, -0.2) is 42.3 Å². The van der Waals surface area contributed by atoms with Gasteiger partial charge in [-0.1, -0.05) is 6.07 Å². The summed E-state index contributed by atoms with van der Waals surface area (Å²) < 4.78 is 11.2. The number of benzene rings is 1. The summed E-state index contributed by atoms with van der Waals surface area (Å²) in [6.07, 6.45) is 0.692. The summed E-state index contributed by atoms with van der Waals surface area (Å²) in [5.74, 6) is 0.860. The maximum Gasteiger partial charge on any atom is 0.310 e. The van der Waals surface area contributed by atoms with E-state index in [1.807, 2.05) is 25.1 Å². The topological polar surface area (TPSA) is 59.0 Å². The molecule has 0 aromatic heterocycles. The number of ether oxygens (including phenoxy) is 2. The highest BCUT2D eigenvalue weighted by molar-refractivity contribution is 5.74. The SMILES string of the molecule is CC(c1ccc2c(c1)OCCO2)N1CCC(C)(C(=O)O)C1. The quantitative estimate of drug-likeness (QED) is 0.926. The smallest absolute Gasteiger partial charge is 0.310 e. The fourth-order valence-corrected chi connectivity index (χ4v) is 3.03. The van der Waals surface area contributed by atoms with Gasteiger partial charge in [0.15, 0.2) is 11.5 Å². The summed E-state index contributed by atoms with van der Waals surface area (Å²) >= 11 is 0. The molecule has 2 aliphatic rings. The fourth-order valence-electron chi connectivity index (χ4n) is 3.03. The second kappa shape index (κ2) is 5.22. The minimum absolute atomic E-state index is 0.169. The van der Waals surface area contributed by atoms with E-state index in [9.17, 15) is 9.90 Å². The van der Waals surface area contributed by atoms with E-state index < -0.39 is 11.4 Å². The third kappa shape index (κ3) is 2.58. The maximum absolute atomic E-state index is 11.4. The number of hydrogen-bond acceptors (Lipinski definition) is 4. The van der Waals surface area contributed by atoms with Crippen molar-refractivity contribution < 1.29 is 19.4 Å². The molecule has 2 heterocycles. The number of hydrogen-bond donors (Lipinski definition) is 1. The molecule has 1 aromatic carbocycles. The van der Waals surface area contributed by atoms with Crippen LogP contribution in [0, 0.1) is 5.41 Å². The van der Waals surface area contributed by atoms with Crippen LogP contribution in [0.4, 0.5) is 0 Å². The third-order valence-corrected chi connectivity index (χ3v) is 4.62. The van der Waals surface area contributed by atoms with Gasteiger partial charge in [0.25, 0.3) is 0 Å². The summed E-state index contributed by atoms with van der Waals surface area (Å²) in [7, 11) is 0. The molecule has 2 unspecified atom stereocenters. The van der Waals surface area contributed by atoms with Crippen molar-refractivity contribution in [2.24, 2.45) is 5.41 Å². The molecular formula is C16H21NO4. The van der Waals surface area contributed by atoms with Crippen LogP contribution < -0.4 is 9.47 Å². The number of aliphatic carboxylic acids is 1. The first-order valence-electron chi connectivity index (χ1n) is 7.37. The van der Waals surface area contributed by atoms with Gasteiger partial charge in [-0.15, -0.1) is 0 Å². The molecule has 0 amide bonds. The van der Waals surface area contributed by atoms with Gasteiger partial charge in [0.05, 0.1) is 5.41 Å². The molecule has 1 N–H and O–H groups in total. The first kappa shape index (κ1) is 14.2. The Hall–Kier alpha value is -1.75. The molecule has 2 aliphatic heterocycles. The van der Waals surface area contributed by atoms with Crippen LogP contribution in [0.1, 0.15) is 31.9 Å². The van der Waals surface area contributed by atoms with Crippen LogP contribution in [0.2, 0.25) is 0 Å². The first-order chi connectivity index (χ1) is 9.99. The molecule has 1 saturated heterocycles. The van der Waals surface area contributed by atoms with Crippen molar-refractivity contribution in [3.8, 4) is 11.5 Å². The predicted octanol–water partition coefficient (Wildman–Crippen LogP) is 2.32. The van der Waals surface area contributed by atoms with Gasteiger partial charge in [-0.05, 0) is 44.5 Å². The van der Waals surface area contributed by atoms with Gasteiger partial charge in [0.1, 0.15) is 13.2 Å². The summed E-state index contributed by atoms with van der Waals surface area (Å²) in [5.41, 5.74) is 0.496. The molecule has 5 heteroatoms. The molecule has 0 aliphatic carbocycles. The number of carboxylic acids is 1. The van der Waals surface area contributed by atoms with Crippen LogP contribution in [0.3, 0.4) is 0 Å². The van der Waals surface area contributed by atoms with Crippen molar-refractivity contribution in [3.63, 3.8) is 0 Å². The van der Waals surface area contributed by atoms with Crippen molar-refractivity contribution in [1.82, 2.24) is 4.90 Å². The van der Waals surface area contributed by atoms with Gasteiger partial charge in [0.2, 0.25) is 0 Å². The Balaban J connectivity index is 1.77. The highest BCUT2D eigenvalue weighted by Gasteiger charge is 2.41. The lowest BCUT2D eigenvalue weighted by Crippen LogP contribution is -2.33. The molecule has 1 aromatic rings. The van der Waals surface area contributed by atoms with E-state index in [2.05, 4.69) is 11.8 Å². The monoisotopic (exact) mass is 291 g/mol. The summed E-state index contributed by atoms with van der Waals surface area (Å²) in [6, 6.07) is 6.15. The highest BCUT2D eigenvalue weighted by atomic mass is 16.6. The molecule has 1 fully saturated rings. The standard InChI is InChI=1S/C16H21NO4/c1-11(17-6-5-16(2,10-17)15(18)19)12-3-4-13-14(9-12)21-8-7-20-13/h3-4,9,11H,5-8,10H2,1-2H3,(H,18,19). The van der Waals surface area contributed by atoms with E-state index >= 15 is 0 Å². The number of fused-ring (bicyclic) bond motifs is 1. The van der Waals surface area contributed by atoms with Gasteiger partial charge in [-0.3, -0.25) is 9.69 Å². The van der Waals surface area contributed by atoms with Gasteiger partial charge in [-0.2, -0.15) is 0 Å². The average Bonchev–Trinajstić information content (AvgIpc) is 2.90. The van der Waals surface area contributed by atoms with Crippen LogP contribution >= 0.6 is 0 Å². The molecule has 21 heavy (non-hydrogen) atoms. The highest BCUT2D eigenvalue weighted by Crippen LogP contribution is 2.38. The molecule has 0 saturated carbocycles. The van der Waals surface area contributed by atoms with Crippen LogP contribution in [0.5, 0.6) is 11.5 Å². The zero-order valence-electron chi connectivity index (χ0n) is 12.5. The number of rotatable bonds is 3. The van der Waals surface area contributed by atoms with E-state index in [0.717, 1.165) is 23.6 Å². The lowest BCUT2D eigenvalue weighted by Gasteiger charge is -2.27. The number of carboxylic acid groups (broad SMARTS) is 1. The number of nitrogens with zero attached hydrogens (tertiary/aromatic N) is 1. The Labute approximate surface area is 124 Å². The lowest BCUT2D eigenvalue weighted by atomic mass is 9.90. The molecule has 2 atom stereocenters. The molecule has 0 bridgehead atoms. The molecule has 3 rings (SSSR count). The van der Waals surface area contributed by atoms with Gasteiger partial charge >= 0.3 is 5.97 Å². The van der Waals surface area contributed by atoms with Gasteiger partial charge < -0.3 is 14.6 Å². The second-order valence-electron chi connectivity index (χ2n) is 6.17. The molecule has 5 nitrogen and oxygen atoms in total. The van der Waals surface area contributed by atoms with Crippen LogP contribution in [0.25, 0.3) is 0 Å². The van der Waals surface area contributed by atoms with Crippen molar-refractivity contribution in [1.29, 1.82) is 0 Å². The Kier molecular flexibility index (Phi) is 3.53. The minimum atomic E-state index is -0.709. The minimum Gasteiger partial charge on any atom is -0.486 e. The summed E-state index contributed by atoms with van der Waals surface area (Å²) in [5, 5.41) is 9.34. The fraction of sp³-hybridized carbons (Fsp3) is 0.562. The average molecular weight is 291 g/mol. The van der Waals surface area contributed by atoms with Crippen LogP contribution in [-0.2, 0) is 4.79 Å². The third-order valence-electron chi connectivity index (χ3n) is 4.62. The van der Waals surface area contributed by atoms with Crippen molar-refractivity contribution in [2.75, 3.05) is 26.3 Å². The zero-order chi connectivity index (χ0) is 15.0. The Morgan fingerprint density at radius 3 is 2.71 bits per heavy atom. The van der Waals surface area contributed by atoms with Crippen LogP contribution in [0.15, 0.2) is 18.2 Å². The second-order valence-corrected chi connectivity index (χ2v) is 6.17. The Morgan fingerprint density at radius 2 is 2.05 bits per heavy atom. The molecule has 0 radical (unpaired) electrons. The lowest BCUT2D eigenvalue weighted by molar-refractivity contribution is -0.147. The number of likely N-dealkylation sites (tertiary alicyclic amines) is 1. The van der Waals surface area contributed by atoms with E-state index in [0.29, 0.717) is 26.2 Å².